The Kier molecular flexibility index (Phi) is 153. The molecule has 0 spiro atoms. The van der Waals surface area contributed by atoms with E-state index in [1.165, 1.54) is 16.4 Å². The summed E-state index contributed by atoms with van der Waals surface area (Å²) < 4.78 is 9.31. The predicted octanol–water partition coefficient (Wildman–Crippen LogP) is 0.123. The average Bonchev–Trinajstić information content (AvgIpc) is 1.00. The molecule has 0 fully saturated rings. The molecule has 0 aliphatic heterocycles. The van der Waals surface area contributed by atoms with Crippen molar-refractivity contribution in [1.29, 1.82) is 0 Å². The van der Waals surface area contributed by atoms with Gasteiger partial charge in [-0.1, -0.05) is 0 Å². The van der Waals surface area contributed by atoms with Gasteiger partial charge in [-0.3, -0.25) is 0 Å². The van der Waals surface area contributed by atoms with Crippen LogP contribution in [0.25, 0.3) is 0 Å². The van der Waals surface area contributed by atoms with Gasteiger partial charge in [0.15, 0.2) is 16.4 Å². The van der Waals surface area contributed by atoms with Gasteiger partial charge in [0.1, 0.15) is 0 Å². The van der Waals surface area contributed by atoms with Gasteiger partial charge in [0.2, 0.25) is 0 Å². The van der Waals surface area contributed by atoms with Crippen LogP contribution in [0.5, 0.6) is 0 Å². The van der Waals surface area contributed by atoms with E-state index in [-0.39, 0.29) is 167 Å². The molecule has 0 aromatic rings. The van der Waals surface area contributed by atoms with E-state index < -0.39 is 0 Å². The topological polar surface area (TPSA) is 0 Å². The van der Waals surface area contributed by atoms with E-state index in [9.17, 15) is 3.56 Å². The van der Waals surface area contributed by atoms with Crippen LogP contribution in [-0.2, 0) is 0 Å². The smallest absolute Gasteiger partial charge is 0.158 e. The Labute approximate surface area is 180 Å². The van der Waals surface area contributed by atoms with Gasteiger partial charge >= 0.3 is 0 Å². The number of rotatable bonds is 0. The van der Waals surface area contributed by atoms with Gasteiger partial charge in [-0.05, 0) is 0 Å². The first-order valence-corrected chi connectivity index (χ1v) is 0.742. The van der Waals surface area contributed by atoms with Crippen LogP contribution in [0.2, 0.25) is 0 Å². The van der Waals surface area contributed by atoms with Crippen LogP contribution in [0.15, 0.2) is 0 Å². The second-order valence-corrected chi connectivity index (χ2v) is 0. The van der Waals surface area contributed by atoms with Crippen molar-refractivity contribution < 1.29 is 52.9 Å². The third-order valence-corrected chi connectivity index (χ3v) is 0. The molecule has 0 amide bonds. The Bertz CT molecular complexity index is 15.5. The van der Waals surface area contributed by atoms with Crippen LogP contribution < -0.4 is 0 Å². The number of hydrogen-bond donors (Lipinski definition) is 0. The third kappa shape index (κ3) is 22.6. The molecule has 0 bridgehead atoms. The summed E-state index contributed by atoms with van der Waals surface area (Å²) in [5.41, 5.74) is 0. The molecule has 0 saturated carbocycles. The zero-order valence-electron chi connectivity index (χ0n) is 3.26. The van der Waals surface area contributed by atoms with Crippen molar-refractivity contribution >= 4 is 134 Å². The second kappa shape index (κ2) is 30.8. The monoisotopic (exact) mass is 501 g/mol. The molecular formula is BaBrEuFMgSr. The van der Waals surface area contributed by atoms with E-state index in [2.05, 4.69) is 0 Å². The summed E-state index contributed by atoms with van der Waals surface area (Å²) in [5.74, 6) is 0. The predicted molar refractivity (Wildman–Crippen MR) is 27.3 cm³/mol. The maximum absolute atomic E-state index is 9.31. The molecule has 6 heteroatoms. The quantitative estimate of drug-likeness (QED) is 0.415. The Morgan fingerprint density at radius 3 is 1.17 bits per heavy atom. The minimum Gasteiger partial charge on any atom is -0.158 e. The Balaban J connectivity index is -0.000000000833. The van der Waals surface area contributed by atoms with Crippen LogP contribution in [0.1, 0.15) is 0 Å². The molecule has 0 nitrogen and oxygen atoms in total. The van der Waals surface area contributed by atoms with E-state index >= 15 is 0 Å². The van der Waals surface area contributed by atoms with Crippen LogP contribution in [-0.4, -0.2) is 117 Å². The van der Waals surface area contributed by atoms with E-state index in [0.29, 0.717) is 0 Å². The fraction of sp³-hybridized carbons (Fsp3) is 0. The molecule has 0 aliphatic carbocycles. The molecule has 0 aromatic carbocycles. The summed E-state index contributed by atoms with van der Waals surface area (Å²) in [7, 11) is 0. The molecule has 7 radical (unpaired) electrons. The van der Waals surface area contributed by atoms with Gasteiger partial charge in [0.25, 0.3) is 0 Å². The molecule has 27 valence electrons. The summed E-state index contributed by atoms with van der Waals surface area (Å²) in [6.45, 7) is 0. The molecule has 0 aliphatic rings. The standard InChI is InChI=1S/Ba.BrF.Eu.Mg.Sr/c;1-2;;;. The minimum absolute atomic E-state index is 0. The Morgan fingerprint density at radius 2 is 1.17 bits per heavy atom. The van der Waals surface area contributed by atoms with Crippen molar-refractivity contribution in [1.82, 2.24) is 0 Å². The van der Waals surface area contributed by atoms with Gasteiger partial charge in [0.05, 0.1) is 0 Å². The summed E-state index contributed by atoms with van der Waals surface area (Å²) in [6, 6.07) is 0. The fourth-order valence-corrected chi connectivity index (χ4v) is 0. The number of hydrogen-bond acceptors (Lipinski definition) is 0. The summed E-state index contributed by atoms with van der Waals surface area (Å²) in [5, 5.41) is 0. The molecular weight excluding hydrogens is 500 g/mol. The van der Waals surface area contributed by atoms with Crippen LogP contribution in [0.4, 0.5) is 3.56 Å². The minimum atomic E-state index is 0. The van der Waals surface area contributed by atoms with Gasteiger partial charge in [-0.2, -0.15) is 3.56 Å². The van der Waals surface area contributed by atoms with Crippen molar-refractivity contribution in [3.63, 3.8) is 0 Å². The largest absolute Gasteiger partial charge is 0.158 e. The van der Waals surface area contributed by atoms with Crippen LogP contribution >= 0.6 is 16.4 Å². The number of halogens is 2. The fourth-order valence-electron chi connectivity index (χ4n) is 0. The van der Waals surface area contributed by atoms with E-state index in [4.69, 9.17) is 0 Å². The van der Waals surface area contributed by atoms with E-state index in [1.54, 1.807) is 0 Å². The Morgan fingerprint density at radius 1 is 1.17 bits per heavy atom. The first-order chi connectivity index (χ1) is 1.00. The zero-order chi connectivity index (χ0) is 2.00. The first kappa shape index (κ1) is 29.8. The van der Waals surface area contributed by atoms with Crippen molar-refractivity contribution in [2.75, 3.05) is 0 Å². The zero-order valence-corrected chi connectivity index (χ0v) is 16.6. The molecule has 0 N–H and O–H groups in total. The van der Waals surface area contributed by atoms with E-state index in [1.807, 2.05) is 0 Å². The average molecular weight is 500 g/mol. The van der Waals surface area contributed by atoms with Gasteiger partial charge < -0.3 is 0 Å². The molecule has 0 atom stereocenters. The van der Waals surface area contributed by atoms with Gasteiger partial charge in [-0.25, -0.2) is 0 Å². The maximum Gasteiger partial charge on any atom is 0.158 e. The maximum atomic E-state index is 9.31. The summed E-state index contributed by atoms with van der Waals surface area (Å²) in [4.78, 5) is 0. The summed E-state index contributed by atoms with van der Waals surface area (Å²) >= 11 is 1.44. The summed E-state index contributed by atoms with van der Waals surface area (Å²) in [6.07, 6.45) is 0. The normalized spacial score (nSPS) is 1.00. The molecule has 0 saturated heterocycles. The van der Waals surface area contributed by atoms with Crippen molar-refractivity contribution in [3.05, 3.63) is 0 Å². The van der Waals surface area contributed by atoms with Crippen LogP contribution in [0.3, 0.4) is 0 Å². The van der Waals surface area contributed by atoms with E-state index in [0.717, 1.165) is 0 Å². The first-order valence-electron chi connectivity index (χ1n) is 0.143. The second-order valence-electron chi connectivity index (χ2n) is 0. The molecule has 0 unspecified atom stereocenters. The van der Waals surface area contributed by atoms with Gasteiger partial charge in [0, 0.05) is 167 Å². The molecule has 0 rings (SSSR count). The van der Waals surface area contributed by atoms with Crippen LogP contribution in [0, 0.1) is 49.4 Å². The Hall–Kier alpha value is 5.81. The van der Waals surface area contributed by atoms with Crippen molar-refractivity contribution in [3.8, 4) is 0 Å². The van der Waals surface area contributed by atoms with Crippen molar-refractivity contribution in [2.45, 2.75) is 0 Å². The van der Waals surface area contributed by atoms with Gasteiger partial charge in [-0.15, -0.1) is 0 Å². The molecule has 0 heterocycles. The third-order valence-electron chi connectivity index (χ3n) is 0. The SMILES string of the molecule is FBr.[Ba].[Eu].[Mg].[Sr]. The molecule has 0 aromatic heterocycles. The molecule has 6 heavy (non-hydrogen) atoms. The van der Waals surface area contributed by atoms with Crippen molar-refractivity contribution in [2.24, 2.45) is 0 Å².